The van der Waals surface area contributed by atoms with Crippen LogP contribution in [0, 0.1) is 0 Å². The van der Waals surface area contributed by atoms with E-state index in [1.807, 2.05) is 29.2 Å². The fourth-order valence-corrected chi connectivity index (χ4v) is 4.71. The number of nitrogens with one attached hydrogen (secondary N) is 1. The quantitative estimate of drug-likeness (QED) is 0.553. The van der Waals surface area contributed by atoms with E-state index >= 15 is 0 Å². The van der Waals surface area contributed by atoms with E-state index in [0.29, 0.717) is 52.1 Å². The number of amides is 2. The Bertz CT molecular complexity index is 987. The Morgan fingerprint density at radius 1 is 0.912 bits per heavy atom. The third kappa shape index (κ3) is 5.75. The molecule has 8 heteroatoms. The highest BCUT2D eigenvalue weighted by atomic mass is 16.5. The van der Waals surface area contributed by atoms with Crippen LogP contribution in [0.3, 0.4) is 0 Å². The molecule has 2 amide bonds. The van der Waals surface area contributed by atoms with Crippen LogP contribution in [0.25, 0.3) is 11.1 Å². The second-order valence-electron chi connectivity index (χ2n) is 8.72. The highest BCUT2D eigenvalue weighted by Crippen LogP contribution is 2.44. The molecule has 1 fully saturated rings. The summed E-state index contributed by atoms with van der Waals surface area (Å²) >= 11 is 0. The number of ether oxygens (including phenoxy) is 1. The van der Waals surface area contributed by atoms with Gasteiger partial charge in [-0.05, 0) is 28.7 Å². The molecule has 2 aliphatic rings. The Hall–Kier alpha value is -3.39. The van der Waals surface area contributed by atoms with Crippen molar-refractivity contribution < 1.29 is 24.2 Å². The molecule has 1 aliphatic heterocycles. The zero-order chi connectivity index (χ0) is 23.9. The average molecular weight is 466 g/mol. The number of hydrogen-bond donors (Lipinski definition) is 2. The Labute approximate surface area is 199 Å². The van der Waals surface area contributed by atoms with Gasteiger partial charge in [-0.15, -0.1) is 0 Å². The standard InChI is InChI=1S/C26H31N3O5/c30-24(29-16-14-28(15-17-29)13-11-25(31)32)10-5-12-27-26(33)34-18-23-21-8-3-1-6-19(21)20-7-2-4-9-22(20)23/h1-4,6-9,23H,5,10-18H2,(H,27,33)(H,31,32). The van der Waals surface area contributed by atoms with Crippen molar-refractivity contribution in [1.29, 1.82) is 0 Å². The molecule has 0 unspecified atom stereocenters. The van der Waals surface area contributed by atoms with E-state index in [1.54, 1.807) is 0 Å². The highest BCUT2D eigenvalue weighted by Gasteiger charge is 2.29. The summed E-state index contributed by atoms with van der Waals surface area (Å²) in [6.07, 6.45) is 0.553. The number of carbonyl (C=O) groups is 3. The fraction of sp³-hybridized carbons (Fsp3) is 0.423. The Balaban J connectivity index is 1.15. The van der Waals surface area contributed by atoms with E-state index in [-0.39, 0.29) is 24.9 Å². The highest BCUT2D eigenvalue weighted by molar-refractivity contribution is 5.79. The average Bonchev–Trinajstić information content (AvgIpc) is 3.18. The van der Waals surface area contributed by atoms with E-state index in [1.165, 1.54) is 22.3 Å². The minimum atomic E-state index is -0.803. The van der Waals surface area contributed by atoms with Gasteiger partial charge in [0.05, 0.1) is 6.42 Å². The number of carboxylic acid groups (broad SMARTS) is 1. The van der Waals surface area contributed by atoms with Gasteiger partial charge in [0.15, 0.2) is 0 Å². The number of alkyl carbamates (subject to hydrolysis) is 1. The molecule has 0 aromatic heterocycles. The van der Waals surface area contributed by atoms with Crippen LogP contribution >= 0.6 is 0 Å². The number of carboxylic acids is 1. The molecule has 0 bridgehead atoms. The third-order valence-electron chi connectivity index (χ3n) is 6.55. The molecule has 180 valence electrons. The van der Waals surface area contributed by atoms with Crippen molar-refractivity contribution in [2.45, 2.75) is 25.2 Å². The van der Waals surface area contributed by atoms with Gasteiger partial charge >= 0.3 is 12.1 Å². The second kappa shape index (κ2) is 11.2. The Morgan fingerprint density at radius 2 is 1.53 bits per heavy atom. The first-order valence-corrected chi connectivity index (χ1v) is 11.8. The molecule has 2 aromatic carbocycles. The van der Waals surface area contributed by atoms with E-state index in [9.17, 15) is 14.4 Å². The van der Waals surface area contributed by atoms with Gasteiger partial charge in [-0.2, -0.15) is 0 Å². The third-order valence-corrected chi connectivity index (χ3v) is 6.55. The predicted octanol–water partition coefficient (Wildman–Crippen LogP) is 2.92. The number of nitrogens with zero attached hydrogens (tertiary/aromatic N) is 2. The summed E-state index contributed by atoms with van der Waals surface area (Å²) in [6.45, 7) is 3.76. The Morgan fingerprint density at radius 3 is 2.15 bits per heavy atom. The number of fused-ring (bicyclic) bond motifs is 3. The lowest BCUT2D eigenvalue weighted by molar-refractivity contribution is -0.138. The lowest BCUT2D eigenvalue weighted by atomic mass is 9.98. The van der Waals surface area contributed by atoms with Crippen LogP contribution in [0.5, 0.6) is 0 Å². The van der Waals surface area contributed by atoms with Gasteiger partial charge in [0.1, 0.15) is 6.61 Å². The van der Waals surface area contributed by atoms with Crippen molar-refractivity contribution in [3.8, 4) is 11.1 Å². The van der Waals surface area contributed by atoms with Crippen LogP contribution < -0.4 is 5.32 Å². The lowest BCUT2D eigenvalue weighted by Crippen LogP contribution is -2.49. The van der Waals surface area contributed by atoms with Gasteiger partial charge in [0.25, 0.3) is 0 Å². The van der Waals surface area contributed by atoms with Crippen LogP contribution in [-0.2, 0) is 14.3 Å². The number of piperazine rings is 1. The fourth-order valence-electron chi connectivity index (χ4n) is 4.71. The van der Waals surface area contributed by atoms with Crippen molar-refractivity contribution in [3.05, 3.63) is 59.7 Å². The maximum atomic E-state index is 12.4. The molecule has 0 saturated carbocycles. The van der Waals surface area contributed by atoms with Gasteiger partial charge < -0.3 is 20.1 Å². The maximum Gasteiger partial charge on any atom is 0.407 e. The van der Waals surface area contributed by atoms with Crippen molar-refractivity contribution in [3.63, 3.8) is 0 Å². The molecule has 34 heavy (non-hydrogen) atoms. The minimum absolute atomic E-state index is 0.0221. The number of hydrogen-bond acceptors (Lipinski definition) is 5. The van der Waals surface area contributed by atoms with Crippen LogP contribution in [0.2, 0.25) is 0 Å². The summed E-state index contributed by atoms with van der Waals surface area (Å²) < 4.78 is 5.52. The molecule has 0 atom stereocenters. The summed E-state index contributed by atoms with van der Waals surface area (Å²) in [4.78, 5) is 39.2. The largest absolute Gasteiger partial charge is 0.481 e. The minimum Gasteiger partial charge on any atom is -0.481 e. The maximum absolute atomic E-state index is 12.4. The monoisotopic (exact) mass is 465 g/mol. The van der Waals surface area contributed by atoms with Gasteiger partial charge in [-0.3, -0.25) is 14.5 Å². The van der Waals surface area contributed by atoms with Gasteiger partial charge in [0.2, 0.25) is 5.91 Å². The van der Waals surface area contributed by atoms with Crippen LogP contribution in [0.1, 0.15) is 36.3 Å². The van der Waals surface area contributed by atoms with Crippen molar-refractivity contribution >= 4 is 18.0 Å². The van der Waals surface area contributed by atoms with Crippen molar-refractivity contribution in [2.24, 2.45) is 0 Å². The summed E-state index contributed by atoms with van der Waals surface area (Å²) in [6, 6.07) is 16.4. The van der Waals surface area contributed by atoms with Gasteiger partial charge in [0, 0.05) is 51.6 Å². The zero-order valence-electron chi connectivity index (χ0n) is 19.2. The first-order valence-electron chi connectivity index (χ1n) is 11.8. The molecule has 0 radical (unpaired) electrons. The smallest absolute Gasteiger partial charge is 0.407 e. The van der Waals surface area contributed by atoms with Crippen LogP contribution in [0.4, 0.5) is 4.79 Å². The molecular weight excluding hydrogens is 434 g/mol. The molecule has 1 heterocycles. The van der Waals surface area contributed by atoms with Gasteiger partial charge in [-0.1, -0.05) is 48.5 Å². The molecule has 8 nitrogen and oxygen atoms in total. The molecule has 1 aliphatic carbocycles. The molecule has 4 rings (SSSR count). The summed E-state index contributed by atoms with van der Waals surface area (Å²) in [5.41, 5.74) is 4.72. The second-order valence-corrected chi connectivity index (χ2v) is 8.72. The van der Waals surface area contributed by atoms with Crippen LogP contribution in [0.15, 0.2) is 48.5 Å². The topological polar surface area (TPSA) is 99.2 Å². The lowest BCUT2D eigenvalue weighted by Gasteiger charge is -2.34. The number of aliphatic carboxylic acids is 1. The van der Waals surface area contributed by atoms with Crippen molar-refractivity contribution in [1.82, 2.24) is 15.1 Å². The van der Waals surface area contributed by atoms with Crippen molar-refractivity contribution in [2.75, 3.05) is 45.9 Å². The molecular formula is C26H31N3O5. The SMILES string of the molecule is O=C(O)CCN1CCN(C(=O)CCCNC(=O)OCC2c3ccccc3-c3ccccc32)CC1. The first kappa shape index (κ1) is 23.8. The molecule has 2 aromatic rings. The van der Waals surface area contributed by atoms with E-state index in [4.69, 9.17) is 9.84 Å². The van der Waals surface area contributed by atoms with E-state index in [2.05, 4.69) is 34.5 Å². The number of carbonyl (C=O) groups excluding carboxylic acids is 2. The summed E-state index contributed by atoms with van der Waals surface area (Å²) in [5.74, 6) is -0.719. The zero-order valence-corrected chi connectivity index (χ0v) is 19.2. The number of benzene rings is 2. The normalized spacial score (nSPS) is 15.5. The Kier molecular flexibility index (Phi) is 7.80. The predicted molar refractivity (Wildman–Crippen MR) is 128 cm³/mol. The summed E-state index contributed by atoms with van der Waals surface area (Å²) in [7, 11) is 0. The van der Waals surface area contributed by atoms with E-state index in [0.717, 1.165) is 0 Å². The molecule has 2 N–H and O–H groups in total. The molecule has 1 saturated heterocycles. The first-order chi connectivity index (χ1) is 16.5. The number of rotatable bonds is 9. The van der Waals surface area contributed by atoms with Crippen LogP contribution in [-0.4, -0.2) is 78.8 Å². The van der Waals surface area contributed by atoms with Gasteiger partial charge in [-0.25, -0.2) is 4.79 Å². The van der Waals surface area contributed by atoms with E-state index < -0.39 is 12.1 Å². The summed E-state index contributed by atoms with van der Waals surface area (Å²) in [5, 5.41) is 11.5. The molecule has 0 spiro atoms.